The van der Waals surface area contributed by atoms with Crippen LogP contribution >= 0.6 is 15.9 Å². The Bertz CT molecular complexity index is 404. The van der Waals surface area contributed by atoms with E-state index in [2.05, 4.69) is 27.9 Å². The largest absolute Gasteiger partial charge is 0.388 e. The van der Waals surface area contributed by atoms with Crippen LogP contribution in [-0.2, 0) is 0 Å². The van der Waals surface area contributed by atoms with Crippen LogP contribution in [0.5, 0.6) is 0 Å². The summed E-state index contributed by atoms with van der Waals surface area (Å²) in [4.78, 5) is 2.38. The highest BCUT2D eigenvalue weighted by atomic mass is 79.9. The predicted octanol–water partition coefficient (Wildman–Crippen LogP) is 4.38. The van der Waals surface area contributed by atoms with Crippen molar-refractivity contribution < 1.29 is 5.11 Å². The number of hydrogen-bond acceptors (Lipinski definition) is 2. The summed E-state index contributed by atoms with van der Waals surface area (Å²) in [6.45, 7) is 2.14. The van der Waals surface area contributed by atoms with E-state index in [1.54, 1.807) is 0 Å². The number of aliphatic hydroxyl groups is 1. The molecule has 2 nitrogen and oxygen atoms in total. The highest BCUT2D eigenvalue weighted by Gasteiger charge is 2.16. The lowest BCUT2D eigenvalue weighted by Crippen LogP contribution is -2.28. The van der Waals surface area contributed by atoms with Crippen LogP contribution in [0.1, 0.15) is 50.2 Å². The molecule has 0 amide bonds. The van der Waals surface area contributed by atoms with Gasteiger partial charge in [-0.3, -0.25) is 0 Å². The molecule has 1 N–H and O–H groups in total. The minimum absolute atomic E-state index is 0.376. The van der Waals surface area contributed by atoms with Gasteiger partial charge in [0.25, 0.3) is 0 Å². The van der Waals surface area contributed by atoms with E-state index in [0.29, 0.717) is 0 Å². The Morgan fingerprint density at radius 1 is 1.25 bits per heavy atom. The van der Waals surface area contributed by atoms with Crippen molar-refractivity contribution in [3.8, 4) is 0 Å². The number of aliphatic hydroxyl groups excluding tert-OH is 1. The summed E-state index contributed by atoms with van der Waals surface area (Å²) in [6.07, 6.45) is 7.41. The summed E-state index contributed by atoms with van der Waals surface area (Å²) in [7, 11) is 2.18. The molecule has 1 unspecified atom stereocenters. The van der Waals surface area contributed by atoms with Gasteiger partial charge in [-0.2, -0.15) is 0 Å². The molecule has 1 fully saturated rings. The molecule has 0 aliphatic heterocycles. The normalized spacial score (nSPS) is 18.4. The smallest absolute Gasteiger partial charge is 0.0813 e. The van der Waals surface area contributed by atoms with Crippen molar-refractivity contribution in [3.05, 3.63) is 34.3 Å². The van der Waals surface area contributed by atoms with Crippen molar-refractivity contribution >= 4 is 15.9 Å². The van der Waals surface area contributed by atoms with Crippen molar-refractivity contribution in [2.24, 2.45) is 5.92 Å². The van der Waals surface area contributed by atoms with Gasteiger partial charge in [-0.25, -0.2) is 0 Å². The van der Waals surface area contributed by atoms with Crippen LogP contribution in [0.3, 0.4) is 0 Å². The summed E-state index contributed by atoms with van der Waals surface area (Å²) < 4.78 is 1.00. The summed E-state index contributed by atoms with van der Waals surface area (Å²) in [5, 5.41) is 10.3. The molecule has 1 aliphatic rings. The van der Waals surface area contributed by atoms with E-state index in [4.69, 9.17) is 0 Å². The second-order valence-electron chi connectivity index (χ2n) is 6.09. The summed E-state index contributed by atoms with van der Waals surface area (Å²) in [5.41, 5.74) is 0.999. The fourth-order valence-electron chi connectivity index (χ4n) is 3.15. The van der Waals surface area contributed by atoms with Crippen molar-refractivity contribution in [3.63, 3.8) is 0 Å². The molecule has 0 bridgehead atoms. The zero-order chi connectivity index (χ0) is 14.4. The molecule has 3 heteroatoms. The second-order valence-corrected chi connectivity index (χ2v) is 6.95. The number of halogens is 1. The van der Waals surface area contributed by atoms with Crippen LogP contribution in [0, 0.1) is 5.92 Å². The van der Waals surface area contributed by atoms with E-state index in [-0.39, 0.29) is 6.10 Å². The molecule has 0 radical (unpaired) electrons. The zero-order valence-electron chi connectivity index (χ0n) is 12.4. The van der Waals surface area contributed by atoms with E-state index in [9.17, 15) is 5.11 Å². The Balaban J connectivity index is 1.75. The van der Waals surface area contributed by atoms with Crippen molar-refractivity contribution in [1.82, 2.24) is 4.90 Å². The van der Waals surface area contributed by atoms with Gasteiger partial charge < -0.3 is 10.0 Å². The van der Waals surface area contributed by atoms with E-state index in [1.807, 2.05) is 24.3 Å². The molecule has 2 rings (SSSR count). The van der Waals surface area contributed by atoms with Crippen LogP contribution in [0.15, 0.2) is 28.7 Å². The van der Waals surface area contributed by atoms with E-state index in [0.717, 1.165) is 28.9 Å². The van der Waals surface area contributed by atoms with Crippen LogP contribution in [-0.4, -0.2) is 30.1 Å². The lowest BCUT2D eigenvalue weighted by atomic mass is 9.89. The van der Waals surface area contributed by atoms with Crippen LogP contribution in [0.4, 0.5) is 0 Å². The molecule has 112 valence electrons. The monoisotopic (exact) mass is 339 g/mol. The molecule has 0 heterocycles. The molecular formula is C17H26BrNO. The Labute approximate surface area is 131 Å². The molecule has 1 atom stereocenters. The highest BCUT2D eigenvalue weighted by Crippen LogP contribution is 2.26. The van der Waals surface area contributed by atoms with E-state index < -0.39 is 0 Å². The average Bonchev–Trinajstić information content (AvgIpc) is 2.46. The first-order chi connectivity index (χ1) is 9.66. The average molecular weight is 340 g/mol. The maximum atomic E-state index is 10.3. The standard InChI is InChI=1S/C17H26BrNO/c1-19(13-14-7-3-2-4-8-14)12-11-17(20)15-9-5-6-10-16(15)18/h5-6,9-10,14,17,20H,2-4,7-8,11-13H2,1H3. The van der Waals surface area contributed by atoms with Gasteiger partial charge in [0.05, 0.1) is 6.10 Å². The van der Waals surface area contributed by atoms with E-state index in [1.165, 1.54) is 38.6 Å². The third-order valence-electron chi connectivity index (χ3n) is 4.34. The molecular weight excluding hydrogens is 314 g/mol. The molecule has 0 spiro atoms. The molecule has 0 aromatic heterocycles. The predicted molar refractivity (Wildman–Crippen MR) is 87.8 cm³/mol. The highest BCUT2D eigenvalue weighted by molar-refractivity contribution is 9.10. The van der Waals surface area contributed by atoms with Gasteiger partial charge in [-0.1, -0.05) is 53.4 Å². The SMILES string of the molecule is CN(CCC(O)c1ccccc1Br)CC1CCCCC1. The molecule has 0 saturated heterocycles. The lowest BCUT2D eigenvalue weighted by molar-refractivity contribution is 0.140. The van der Waals surface area contributed by atoms with Gasteiger partial charge in [0, 0.05) is 17.6 Å². The van der Waals surface area contributed by atoms with Crippen LogP contribution in [0.25, 0.3) is 0 Å². The third kappa shape index (κ3) is 4.87. The first-order valence-corrected chi connectivity index (χ1v) is 8.57. The van der Waals surface area contributed by atoms with Gasteiger partial charge in [-0.15, -0.1) is 0 Å². The van der Waals surface area contributed by atoms with Crippen molar-refractivity contribution in [1.29, 1.82) is 0 Å². The van der Waals surface area contributed by atoms with Crippen LogP contribution < -0.4 is 0 Å². The maximum Gasteiger partial charge on any atom is 0.0813 e. The van der Waals surface area contributed by atoms with Gasteiger partial charge in [0.2, 0.25) is 0 Å². The molecule has 1 aromatic carbocycles. The number of hydrogen-bond donors (Lipinski definition) is 1. The summed E-state index contributed by atoms with van der Waals surface area (Å²) in [5.74, 6) is 0.870. The fourth-order valence-corrected chi connectivity index (χ4v) is 3.69. The number of rotatable bonds is 6. The van der Waals surface area contributed by atoms with Gasteiger partial charge >= 0.3 is 0 Å². The van der Waals surface area contributed by atoms with Gasteiger partial charge in [0.15, 0.2) is 0 Å². The molecule has 1 aliphatic carbocycles. The number of benzene rings is 1. The third-order valence-corrected chi connectivity index (χ3v) is 5.07. The first-order valence-electron chi connectivity index (χ1n) is 7.78. The Morgan fingerprint density at radius 2 is 1.95 bits per heavy atom. The zero-order valence-corrected chi connectivity index (χ0v) is 14.0. The Morgan fingerprint density at radius 3 is 2.65 bits per heavy atom. The van der Waals surface area contributed by atoms with Crippen molar-refractivity contribution in [2.45, 2.75) is 44.6 Å². The fraction of sp³-hybridized carbons (Fsp3) is 0.647. The molecule has 20 heavy (non-hydrogen) atoms. The quantitative estimate of drug-likeness (QED) is 0.830. The van der Waals surface area contributed by atoms with E-state index >= 15 is 0 Å². The van der Waals surface area contributed by atoms with Gasteiger partial charge in [0.1, 0.15) is 0 Å². The van der Waals surface area contributed by atoms with Crippen LogP contribution in [0.2, 0.25) is 0 Å². The minimum Gasteiger partial charge on any atom is -0.388 e. The Kier molecular flexibility index (Phi) is 6.53. The Hall–Kier alpha value is -0.380. The second kappa shape index (κ2) is 8.16. The summed E-state index contributed by atoms with van der Waals surface area (Å²) >= 11 is 3.51. The molecule has 1 aromatic rings. The maximum absolute atomic E-state index is 10.3. The lowest BCUT2D eigenvalue weighted by Gasteiger charge is -2.27. The first kappa shape index (κ1) is 16.0. The summed E-state index contributed by atoms with van der Waals surface area (Å²) in [6, 6.07) is 7.95. The van der Waals surface area contributed by atoms with Gasteiger partial charge in [-0.05, 0) is 43.9 Å². The molecule has 1 saturated carbocycles. The minimum atomic E-state index is -0.376. The van der Waals surface area contributed by atoms with Crippen molar-refractivity contribution in [2.75, 3.05) is 20.1 Å². The topological polar surface area (TPSA) is 23.5 Å². The number of nitrogens with zero attached hydrogens (tertiary/aromatic N) is 1.